The number of carbonyl (C=O) groups is 2. The number of carbonyl (C=O) groups excluding carboxylic acids is 2. The van der Waals surface area contributed by atoms with Crippen LogP contribution in [0.5, 0.6) is 0 Å². The Labute approximate surface area is 159 Å². The van der Waals surface area contributed by atoms with Gasteiger partial charge in [-0.15, -0.1) is 0 Å². The number of sulfonamides is 1. The van der Waals surface area contributed by atoms with Crippen molar-refractivity contribution in [2.24, 2.45) is 5.14 Å². The third-order valence-electron chi connectivity index (χ3n) is 4.17. The molecule has 0 saturated heterocycles. The summed E-state index contributed by atoms with van der Waals surface area (Å²) in [7, 11) is -3.87. The first-order valence-electron chi connectivity index (χ1n) is 8.76. The second-order valence-corrected chi connectivity index (χ2v) is 7.97. The Balaban J connectivity index is 1.95. The van der Waals surface area contributed by atoms with E-state index in [1.807, 2.05) is 12.1 Å². The monoisotopic (exact) mass is 388 g/mol. The summed E-state index contributed by atoms with van der Waals surface area (Å²) < 4.78 is 23.1. The van der Waals surface area contributed by atoms with Crippen LogP contribution >= 0.6 is 0 Å². The predicted molar refractivity (Wildman–Crippen MR) is 105 cm³/mol. The number of hydrogen-bond acceptors (Lipinski definition) is 4. The Morgan fingerprint density at radius 2 is 1.70 bits per heavy atom. The molecule has 0 aliphatic rings. The Kier molecular flexibility index (Phi) is 6.87. The molecule has 0 saturated carbocycles. The highest BCUT2D eigenvalue weighted by molar-refractivity contribution is 7.89. The van der Waals surface area contributed by atoms with Crippen LogP contribution in [0.3, 0.4) is 0 Å². The Hall–Kier alpha value is -2.51. The van der Waals surface area contributed by atoms with Crippen molar-refractivity contribution in [1.82, 2.24) is 0 Å². The normalized spacial score (nSPS) is 11.2. The molecule has 0 aliphatic heterocycles. The van der Waals surface area contributed by atoms with Gasteiger partial charge in [0.15, 0.2) is 5.78 Å². The molecule has 0 spiro atoms. The van der Waals surface area contributed by atoms with Crippen molar-refractivity contribution in [3.63, 3.8) is 0 Å². The number of amides is 1. The number of ketones is 1. The third-order valence-corrected chi connectivity index (χ3v) is 5.23. The largest absolute Gasteiger partial charge is 0.326 e. The van der Waals surface area contributed by atoms with E-state index in [4.69, 9.17) is 5.14 Å². The lowest BCUT2D eigenvalue weighted by molar-refractivity contribution is -0.116. The molecule has 2 rings (SSSR count). The zero-order chi connectivity index (χ0) is 20.0. The van der Waals surface area contributed by atoms with Gasteiger partial charge in [0.2, 0.25) is 15.9 Å². The highest BCUT2D eigenvalue weighted by atomic mass is 32.2. The number of Topliss-reactive ketones (excluding diaryl/α,β-unsaturated/α-hetero) is 1. The summed E-state index contributed by atoms with van der Waals surface area (Å²) in [6.07, 6.45) is 2.09. The summed E-state index contributed by atoms with van der Waals surface area (Å²) in [6, 6.07) is 11.9. The number of hydrogen-bond donors (Lipinski definition) is 2. The molecule has 6 nitrogen and oxygen atoms in total. The molecule has 0 fully saturated rings. The van der Waals surface area contributed by atoms with Crippen molar-refractivity contribution in [2.75, 3.05) is 5.32 Å². The first-order chi connectivity index (χ1) is 12.7. The lowest BCUT2D eigenvalue weighted by atomic mass is 10.0. The van der Waals surface area contributed by atoms with E-state index in [1.165, 1.54) is 11.6 Å². The van der Waals surface area contributed by atoms with Gasteiger partial charge in [0.25, 0.3) is 0 Å². The molecule has 0 aliphatic carbocycles. The molecule has 0 bridgehead atoms. The smallest absolute Gasteiger partial charge is 0.238 e. The van der Waals surface area contributed by atoms with Crippen molar-refractivity contribution in [3.05, 3.63) is 59.2 Å². The van der Waals surface area contributed by atoms with Gasteiger partial charge >= 0.3 is 0 Å². The van der Waals surface area contributed by atoms with Crippen molar-refractivity contribution in [3.8, 4) is 0 Å². The Bertz CT molecular complexity index is 935. The molecular weight excluding hydrogens is 364 g/mol. The zero-order valence-electron chi connectivity index (χ0n) is 15.5. The molecule has 144 valence electrons. The molecular formula is C20H24N2O4S. The van der Waals surface area contributed by atoms with Crippen molar-refractivity contribution >= 4 is 27.4 Å². The maximum absolute atomic E-state index is 12.2. The number of aryl methyl sites for hydroxylation is 2. The van der Waals surface area contributed by atoms with Gasteiger partial charge in [-0.05, 0) is 36.6 Å². The van der Waals surface area contributed by atoms with E-state index in [2.05, 4.69) is 12.2 Å². The van der Waals surface area contributed by atoms with Gasteiger partial charge in [-0.2, -0.15) is 0 Å². The fraction of sp³-hybridized carbons (Fsp3) is 0.300. The van der Waals surface area contributed by atoms with Gasteiger partial charge in [-0.1, -0.05) is 43.7 Å². The molecule has 0 unspecified atom stereocenters. The molecule has 0 aromatic heterocycles. The molecule has 2 aromatic rings. The minimum absolute atomic E-state index is 0.00807. The number of nitrogens with one attached hydrogen (secondary N) is 1. The standard InChI is InChI=1S/C20H24N2O4S/c1-3-4-15-6-8-16(9-7-15)18(23)11-12-20(24)22-17-10-5-14(2)19(13-17)27(21,25)26/h5-10,13H,3-4,11-12H2,1-2H3,(H,22,24)(H2,21,25,26). The first-order valence-corrected chi connectivity index (χ1v) is 10.3. The number of benzene rings is 2. The maximum Gasteiger partial charge on any atom is 0.238 e. The summed E-state index contributed by atoms with van der Waals surface area (Å²) in [4.78, 5) is 24.3. The van der Waals surface area contributed by atoms with Crippen LogP contribution in [0.15, 0.2) is 47.4 Å². The van der Waals surface area contributed by atoms with Gasteiger partial charge in [0, 0.05) is 24.1 Å². The molecule has 0 radical (unpaired) electrons. The van der Waals surface area contributed by atoms with E-state index in [-0.39, 0.29) is 29.4 Å². The Morgan fingerprint density at radius 1 is 1.04 bits per heavy atom. The number of rotatable bonds is 8. The zero-order valence-corrected chi connectivity index (χ0v) is 16.3. The third kappa shape index (κ3) is 6.01. The average molecular weight is 388 g/mol. The average Bonchev–Trinajstić information content (AvgIpc) is 2.61. The number of anilines is 1. The van der Waals surface area contributed by atoms with E-state index >= 15 is 0 Å². The molecule has 2 aromatic carbocycles. The van der Waals surface area contributed by atoms with Gasteiger partial charge in [0.05, 0.1) is 4.90 Å². The van der Waals surface area contributed by atoms with Crippen molar-refractivity contribution in [2.45, 2.75) is 44.4 Å². The minimum atomic E-state index is -3.87. The van der Waals surface area contributed by atoms with E-state index in [0.29, 0.717) is 16.8 Å². The SMILES string of the molecule is CCCc1ccc(C(=O)CCC(=O)Nc2ccc(C)c(S(N)(=O)=O)c2)cc1. The van der Waals surface area contributed by atoms with Crippen LogP contribution in [0.4, 0.5) is 5.69 Å². The molecule has 1 amide bonds. The lowest BCUT2D eigenvalue weighted by Gasteiger charge is -2.09. The predicted octanol–water partition coefficient (Wildman–Crippen LogP) is 3.20. The van der Waals surface area contributed by atoms with E-state index in [1.54, 1.807) is 31.2 Å². The second-order valence-electron chi connectivity index (χ2n) is 6.44. The molecule has 3 N–H and O–H groups in total. The summed E-state index contributed by atoms with van der Waals surface area (Å²) in [5, 5.41) is 7.77. The van der Waals surface area contributed by atoms with E-state index in [0.717, 1.165) is 12.8 Å². The highest BCUT2D eigenvalue weighted by Gasteiger charge is 2.14. The van der Waals surface area contributed by atoms with Crippen LogP contribution in [-0.4, -0.2) is 20.1 Å². The van der Waals surface area contributed by atoms with Gasteiger partial charge in [-0.25, -0.2) is 13.6 Å². The van der Waals surface area contributed by atoms with Crippen LogP contribution in [0.25, 0.3) is 0 Å². The lowest BCUT2D eigenvalue weighted by Crippen LogP contribution is -2.16. The first kappa shape index (κ1) is 20.8. The fourth-order valence-electron chi connectivity index (χ4n) is 2.73. The maximum atomic E-state index is 12.2. The summed E-state index contributed by atoms with van der Waals surface area (Å²) in [5.74, 6) is -0.475. The molecule has 0 heterocycles. The van der Waals surface area contributed by atoms with Crippen LogP contribution in [0, 0.1) is 6.92 Å². The van der Waals surface area contributed by atoms with Crippen molar-refractivity contribution < 1.29 is 18.0 Å². The van der Waals surface area contributed by atoms with Gasteiger partial charge < -0.3 is 5.32 Å². The van der Waals surface area contributed by atoms with Gasteiger partial charge in [0.1, 0.15) is 0 Å². The summed E-state index contributed by atoms with van der Waals surface area (Å²) >= 11 is 0. The summed E-state index contributed by atoms with van der Waals surface area (Å²) in [6.45, 7) is 3.72. The molecule has 0 atom stereocenters. The molecule has 27 heavy (non-hydrogen) atoms. The number of primary sulfonamides is 1. The van der Waals surface area contributed by atoms with Gasteiger partial charge in [-0.3, -0.25) is 9.59 Å². The molecule has 7 heteroatoms. The Morgan fingerprint density at radius 3 is 2.30 bits per heavy atom. The van der Waals surface area contributed by atoms with E-state index in [9.17, 15) is 18.0 Å². The number of nitrogens with two attached hydrogens (primary N) is 1. The second kappa shape index (κ2) is 8.92. The van der Waals surface area contributed by atoms with Crippen LogP contribution in [0.1, 0.15) is 47.7 Å². The highest BCUT2D eigenvalue weighted by Crippen LogP contribution is 2.19. The van der Waals surface area contributed by atoms with Crippen LogP contribution < -0.4 is 10.5 Å². The van der Waals surface area contributed by atoms with Crippen LogP contribution in [0.2, 0.25) is 0 Å². The quantitative estimate of drug-likeness (QED) is 0.677. The fourth-order valence-corrected chi connectivity index (χ4v) is 3.53. The topological polar surface area (TPSA) is 106 Å². The van der Waals surface area contributed by atoms with E-state index < -0.39 is 10.0 Å². The minimum Gasteiger partial charge on any atom is -0.326 e. The summed E-state index contributed by atoms with van der Waals surface area (Å²) in [5.41, 5.74) is 2.58. The van der Waals surface area contributed by atoms with Crippen LogP contribution in [-0.2, 0) is 21.2 Å². The van der Waals surface area contributed by atoms with Crippen molar-refractivity contribution in [1.29, 1.82) is 0 Å².